The van der Waals surface area contributed by atoms with Gasteiger partial charge in [0.1, 0.15) is 41.9 Å². The molecule has 3 heterocycles. The highest BCUT2D eigenvalue weighted by Gasteiger charge is 2.40. The molecule has 0 spiro atoms. The highest BCUT2D eigenvalue weighted by molar-refractivity contribution is 6.37. The molecule has 3 aliphatic rings. The lowest BCUT2D eigenvalue weighted by Crippen LogP contribution is -2.52. The molecule has 2 unspecified atom stereocenters. The molecule has 2 atom stereocenters. The van der Waals surface area contributed by atoms with Crippen LogP contribution < -0.4 is 21.0 Å². The number of piperidine rings is 1. The second-order valence-electron chi connectivity index (χ2n) is 9.93. The van der Waals surface area contributed by atoms with E-state index < -0.39 is 11.9 Å². The van der Waals surface area contributed by atoms with Crippen LogP contribution in [0.5, 0.6) is 5.75 Å². The summed E-state index contributed by atoms with van der Waals surface area (Å²) in [7, 11) is 6.51. The average molecular weight is 485 g/mol. The van der Waals surface area contributed by atoms with Crippen LogP contribution in [0.1, 0.15) is 45.8 Å². The van der Waals surface area contributed by atoms with E-state index in [1.807, 2.05) is 12.1 Å². The van der Waals surface area contributed by atoms with Crippen LogP contribution in [-0.2, 0) is 27.5 Å². The largest absolute Gasteiger partial charge is 0.489 e. The molecule has 5 rings (SSSR count). The standard InChI is InChI=1S/C25H30B3N3O5/c26-18-11-16(23(28)30-6-8-35-9-7-30)19(27)10-14(18)13-36-21-3-1-2-15-17(21)12-31(25(15)34)20-4-5-22(32)29-24(20)33/h1-3,10-11,20,23H,4-9,12-13,26-28H2,(H,29,32,33). The number of nitrogens with one attached hydrogen (secondary N) is 1. The molecule has 0 aromatic heterocycles. The van der Waals surface area contributed by atoms with Crippen molar-refractivity contribution in [2.75, 3.05) is 26.3 Å². The van der Waals surface area contributed by atoms with Gasteiger partial charge in [0.2, 0.25) is 11.8 Å². The van der Waals surface area contributed by atoms with E-state index >= 15 is 0 Å². The number of imide groups is 1. The molecule has 0 aliphatic carbocycles. The summed E-state index contributed by atoms with van der Waals surface area (Å²) in [6.45, 7) is 4.13. The third-order valence-electron chi connectivity index (χ3n) is 7.69. The van der Waals surface area contributed by atoms with Crippen molar-refractivity contribution in [3.63, 3.8) is 0 Å². The van der Waals surface area contributed by atoms with Gasteiger partial charge in [-0.05, 0) is 29.7 Å². The molecule has 11 heteroatoms. The SMILES string of the molecule is Bc1cc(C(B)N2CCOCC2)c(B)cc1COc1cccc2c1CN(C1CCC(=O)NC1=O)C2=O. The minimum atomic E-state index is -0.638. The first-order chi connectivity index (χ1) is 17.3. The first-order valence-corrected chi connectivity index (χ1v) is 12.6. The molecule has 3 aliphatic heterocycles. The van der Waals surface area contributed by atoms with Crippen molar-refractivity contribution < 1.29 is 23.9 Å². The van der Waals surface area contributed by atoms with Gasteiger partial charge in [0, 0.05) is 36.6 Å². The summed E-state index contributed by atoms with van der Waals surface area (Å²) in [6, 6.07) is 9.28. The van der Waals surface area contributed by atoms with Crippen molar-refractivity contribution in [2.45, 2.75) is 38.0 Å². The first kappa shape index (κ1) is 24.7. The number of ether oxygens (including phenoxy) is 2. The van der Waals surface area contributed by atoms with Crippen molar-refractivity contribution >= 4 is 52.2 Å². The number of hydrogen-bond donors (Lipinski definition) is 1. The van der Waals surface area contributed by atoms with E-state index in [-0.39, 0.29) is 18.2 Å². The second kappa shape index (κ2) is 10.1. The zero-order valence-electron chi connectivity index (χ0n) is 21.1. The van der Waals surface area contributed by atoms with E-state index in [1.165, 1.54) is 16.5 Å². The Morgan fingerprint density at radius 3 is 2.64 bits per heavy atom. The molecule has 2 aromatic rings. The quantitative estimate of drug-likeness (QED) is 0.360. The Kier molecular flexibility index (Phi) is 6.95. The molecule has 0 bridgehead atoms. The Bertz CT molecular complexity index is 1220. The lowest BCUT2D eigenvalue weighted by molar-refractivity contribution is -0.136. The van der Waals surface area contributed by atoms with E-state index in [0.29, 0.717) is 36.8 Å². The molecular weight excluding hydrogens is 455 g/mol. The summed E-state index contributed by atoms with van der Waals surface area (Å²) in [4.78, 5) is 41.0. The summed E-state index contributed by atoms with van der Waals surface area (Å²) < 4.78 is 11.8. The van der Waals surface area contributed by atoms with Gasteiger partial charge >= 0.3 is 0 Å². The lowest BCUT2D eigenvalue weighted by atomic mass is 9.74. The van der Waals surface area contributed by atoms with Crippen LogP contribution >= 0.6 is 0 Å². The number of benzene rings is 2. The summed E-state index contributed by atoms with van der Waals surface area (Å²) in [5.41, 5.74) is 6.18. The van der Waals surface area contributed by atoms with E-state index in [0.717, 1.165) is 37.4 Å². The van der Waals surface area contributed by atoms with Crippen molar-refractivity contribution in [1.82, 2.24) is 15.1 Å². The molecule has 1 N–H and O–H groups in total. The number of nitrogens with zero attached hydrogens (tertiary/aromatic N) is 2. The molecule has 0 saturated carbocycles. The van der Waals surface area contributed by atoms with Crippen molar-refractivity contribution in [1.29, 1.82) is 0 Å². The Balaban J connectivity index is 1.31. The first-order valence-electron chi connectivity index (χ1n) is 12.6. The Hall–Kier alpha value is -3.04. The van der Waals surface area contributed by atoms with E-state index in [1.54, 1.807) is 11.0 Å². The molecular formula is C25H30B3N3O5. The maximum Gasteiger partial charge on any atom is 0.255 e. The van der Waals surface area contributed by atoms with Gasteiger partial charge in [-0.25, -0.2) is 0 Å². The van der Waals surface area contributed by atoms with Crippen LogP contribution in [0.25, 0.3) is 0 Å². The van der Waals surface area contributed by atoms with Gasteiger partial charge in [-0.2, -0.15) is 0 Å². The molecule has 184 valence electrons. The van der Waals surface area contributed by atoms with Crippen LogP contribution in [0, 0.1) is 0 Å². The van der Waals surface area contributed by atoms with Gasteiger partial charge in [0.25, 0.3) is 5.91 Å². The highest BCUT2D eigenvalue weighted by Crippen LogP contribution is 2.34. The predicted octanol–water partition coefficient (Wildman–Crippen LogP) is -2.49. The minimum absolute atomic E-state index is 0.196. The zero-order valence-corrected chi connectivity index (χ0v) is 21.1. The highest BCUT2D eigenvalue weighted by atomic mass is 16.5. The number of morpholine rings is 1. The van der Waals surface area contributed by atoms with Crippen LogP contribution in [0.3, 0.4) is 0 Å². The lowest BCUT2D eigenvalue weighted by Gasteiger charge is -2.34. The fourth-order valence-electron chi connectivity index (χ4n) is 5.51. The van der Waals surface area contributed by atoms with Gasteiger partial charge in [-0.15, -0.1) is 0 Å². The molecule has 3 amide bonds. The van der Waals surface area contributed by atoms with Crippen molar-refractivity contribution in [3.8, 4) is 5.75 Å². The monoisotopic (exact) mass is 485 g/mol. The number of hydrogen-bond acceptors (Lipinski definition) is 6. The van der Waals surface area contributed by atoms with Crippen molar-refractivity contribution in [3.05, 3.63) is 52.6 Å². The molecule has 2 fully saturated rings. The minimum Gasteiger partial charge on any atom is -0.489 e. The summed E-state index contributed by atoms with van der Waals surface area (Å²) >= 11 is 0. The van der Waals surface area contributed by atoms with E-state index in [2.05, 4.69) is 45.9 Å². The second-order valence-corrected chi connectivity index (χ2v) is 9.93. The van der Waals surface area contributed by atoms with Gasteiger partial charge in [-0.1, -0.05) is 29.1 Å². The third kappa shape index (κ3) is 4.69. The normalized spacial score (nSPS) is 21.3. The maximum atomic E-state index is 13.1. The van der Waals surface area contributed by atoms with Crippen LogP contribution in [-0.4, -0.2) is 83.4 Å². The fraction of sp³-hybridized carbons (Fsp3) is 0.400. The summed E-state index contributed by atoms with van der Waals surface area (Å²) in [5.74, 6) is 0.0777. The summed E-state index contributed by atoms with van der Waals surface area (Å²) in [5, 5.41) is 2.35. The molecule has 0 radical (unpaired) electrons. The number of rotatable bonds is 6. The van der Waals surface area contributed by atoms with E-state index in [9.17, 15) is 14.4 Å². The van der Waals surface area contributed by atoms with Gasteiger partial charge in [0.05, 0.1) is 19.8 Å². The van der Waals surface area contributed by atoms with E-state index in [4.69, 9.17) is 9.47 Å². The Morgan fingerprint density at radius 1 is 1.11 bits per heavy atom. The smallest absolute Gasteiger partial charge is 0.255 e. The van der Waals surface area contributed by atoms with Gasteiger partial charge in [-0.3, -0.25) is 24.6 Å². The molecule has 36 heavy (non-hydrogen) atoms. The molecule has 2 saturated heterocycles. The van der Waals surface area contributed by atoms with Gasteiger partial charge < -0.3 is 14.4 Å². The Labute approximate surface area is 213 Å². The maximum absolute atomic E-state index is 13.1. The Morgan fingerprint density at radius 2 is 1.89 bits per heavy atom. The predicted molar refractivity (Wildman–Crippen MR) is 143 cm³/mol. The zero-order chi connectivity index (χ0) is 25.4. The number of fused-ring (bicyclic) bond motifs is 1. The number of carbonyl (C=O) groups is 3. The molecule has 8 nitrogen and oxygen atoms in total. The van der Waals surface area contributed by atoms with Crippen molar-refractivity contribution in [2.24, 2.45) is 0 Å². The van der Waals surface area contributed by atoms with Crippen LogP contribution in [0.4, 0.5) is 0 Å². The number of carbonyl (C=O) groups excluding carboxylic acids is 3. The summed E-state index contributed by atoms with van der Waals surface area (Å²) in [6.07, 6.45) is 0.576. The number of amides is 3. The third-order valence-corrected chi connectivity index (χ3v) is 7.69. The fourth-order valence-corrected chi connectivity index (χ4v) is 5.51. The van der Waals surface area contributed by atoms with Gasteiger partial charge in [0.15, 0.2) is 0 Å². The van der Waals surface area contributed by atoms with Crippen LogP contribution in [0.2, 0.25) is 0 Å². The average Bonchev–Trinajstić information content (AvgIpc) is 3.21. The molecule has 2 aromatic carbocycles. The topological polar surface area (TPSA) is 88.2 Å². The van der Waals surface area contributed by atoms with Crippen LogP contribution in [0.15, 0.2) is 30.3 Å².